The normalized spacial score (nSPS) is 6.14. The second kappa shape index (κ2) is 9.21. The molecule has 44 valence electrons. The molecule has 2 N–H and O–H groups in total. The summed E-state index contributed by atoms with van der Waals surface area (Å²) in [5.41, 5.74) is -1.36. The minimum atomic E-state index is -1.36. The van der Waals surface area contributed by atoms with Crippen molar-refractivity contribution < 1.29 is 9.90 Å². The van der Waals surface area contributed by atoms with E-state index in [1.807, 2.05) is 14.1 Å². The fourth-order valence-corrected chi connectivity index (χ4v) is 0. The van der Waals surface area contributed by atoms with E-state index in [0.717, 1.165) is 0 Å². The van der Waals surface area contributed by atoms with Gasteiger partial charge in [-0.25, -0.2) is 4.79 Å². The van der Waals surface area contributed by atoms with Crippen molar-refractivity contribution in [3.63, 3.8) is 0 Å². The first-order valence-corrected chi connectivity index (χ1v) is 1.99. The van der Waals surface area contributed by atoms with E-state index >= 15 is 0 Å². The Kier molecular flexibility index (Phi) is 13.0. The van der Waals surface area contributed by atoms with Crippen molar-refractivity contribution in [2.24, 2.45) is 0 Å². The lowest BCUT2D eigenvalue weighted by atomic mass is 11.3. The lowest BCUT2D eigenvalue weighted by Crippen LogP contribution is -1.89. The van der Waals surface area contributed by atoms with E-state index in [4.69, 9.17) is 9.90 Å². The molecule has 3 nitrogen and oxygen atoms in total. The Labute approximate surface area is 47.3 Å². The van der Waals surface area contributed by atoms with Gasteiger partial charge < -0.3 is 10.4 Å². The molecule has 0 saturated carbocycles. The first-order valence-electron chi connectivity index (χ1n) is 1.62. The van der Waals surface area contributed by atoms with Crippen LogP contribution in [0.4, 0.5) is 4.79 Å². The Morgan fingerprint density at radius 1 is 1.71 bits per heavy atom. The van der Waals surface area contributed by atoms with Gasteiger partial charge in [-0.2, -0.15) is 0 Å². The SMILES string of the molecule is CNC.O=C(O)Cl. The van der Waals surface area contributed by atoms with Crippen LogP contribution in [0.15, 0.2) is 0 Å². The van der Waals surface area contributed by atoms with Gasteiger partial charge in [-0.1, -0.05) is 0 Å². The van der Waals surface area contributed by atoms with Crippen molar-refractivity contribution >= 4 is 17.0 Å². The van der Waals surface area contributed by atoms with Crippen molar-refractivity contribution in [2.45, 2.75) is 0 Å². The van der Waals surface area contributed by atoms with E-state index in [1.54, 1.807) is 0 Å². The maximum atomic E-state index is 8.77. The molecule has 0 saturated heterocycles. The Bertz CT molecular complexity index is 44.2. The molecule has 0 aliphatic carbocycles. The number of rotatable bonds is 0. The average Bonchev–Trinajstić information content (AvgIpc) is 1.33. The third-order valence-corrected chi connectivity index (χ3v) is 0. The lowest BCUT2D eigenvalue weighted by molar-refractivity contribution is 0.220. The predicted octanol–water partition coefficient (Wildman–Crippen LogP) is 0.739. The predicted molar refractivity (Wildman–Crippen MR) is 28.9 cm³/mol. The van der Waals surface area contributed by atoms with Crippen molar-refractivity contribution in [3.8, 4) is 0 Å². The molecular weight excluding hydrogens is 117 g/mol. The summed E-state index contributed by atoms with van der Waals surface area (Å²) >= 11 is 4.19. The third-order valence-electron chi connectivity index (χ3n) is 0. The quantitative estimate of drug-likeness (QED) is 0.470. The summed E-state index contributed by atoms with van der Waals surface area (Å²) in [6, 6.07) is 0. The van der Waals surface area contributed by atoms with Crippen molar-refractivity contribution in [2.75, 3.05) is 14.1 Å². The second-order valence-corrected chi connectivity index (χ2v) is 1.08. The monoisotopic (exact) mass is 125 g/mol. The molecule has 0 amide bonds. The molecule has 0 fully saturated rings. The number of halogens is 1. The van der Waals surface area contributed by atoms with E-state index in [0.29, 0.717) is 0 Å². The average molecular weight is 126 g/mol. The fraction of sp³-hybridized carbons (Fsp3) is 0.667. The molecule has 0 spiro atoms. The van der Waals surface area contributed by atoms with Gasteiger partial charge in [-0.3, -0.25) is 0 Å². The Balaban J connectivity index is 0. The van der Waals surface area contributed by atoms with Crippen LogP contribution in [-0.4, -0.2) is 24.6 Å². The molecular formula is C3H8ClNO2. The van der Waals surface area contributed by atoms with Gasteiger partial charge in [0.05, 0.1) is 0 Å². The molecule has 0 unspecified atom stereocenters. The molecule has 0 aromatic rings. The Morgan fingerprint density at radius 3 is 1.71 bits per heavy atom. The number of carbonyl (C=O) groups is 1. The molecule has 0 atom stereocenters. The highest BCUT2D eigenvalue weighted by molar-refractivity contribution is 6.60. The molecule has 0 aromatic heterocycles. The van der Waals surface area contributed by atoms with Gasteiger partial charge in [0.1, 0.15) is 0 Å². The van der Waals surface area contributed by atoms with E-state index in [9.17, 15) is 0 Å². The summed E-state index contributed by atoms with van der Waals surface area (Å²) in [6.45, 7) is 0. The van der Waals surface area contributed by atoms with Crippen molar-refractivity contribution in [1.29, 1.82) is 0 Å². The summed E-state index contributed by atoms with van der Waals surface area (Å²) in [7, 11) is 3.75. The van der Waals surface area contributed by atoms with Gasteiger partial charge in [-0.05, 0) is 14.1 Å². The minimum Gasteiger partial charge on any atom is -0.469 e. The molecule has 0 heterocycles. The van der Waals surface area contributed by atoms with Crippen molar-refractivity contribution in [1.82, 2.24) is 5.32 Å². The highest BCUT2D eigenvalue weighted by atomic mass is 35.5. The number of hydrogen-bond donors (Lipinski definition) is 2. The topological polar surface area (TPSA) is 49.3 Å². The van der Waals surface area contributed by atoms with Crippen LogP contribution < -0.4 is 5.32 Å². The van der Waals surface area contributed by atoms with Gasteiger partial charge in [0.25, 0.3) is 0 Å². The van der Waals surface area contributed by atoms with Crippen LogP contribution in [0, 0.1) is 0 Å². The number of nitrogens with one attached hydrogen (secondary N) is 1. The first kappa shape index (κ1) is 9.87. The standard InChI is InChI=1S/C2H7N.CHClO2/c1-3-2;2-1(3)4/h3H,1-2H3;(H,3,4). The highest BCUT2D eigenvalue weighted by Crippen LogP contribution is 1.67. The van der Waals surface area contributed by atoms with E-state index < -0.39 is 5.43 Å². The summed E-state index contributed by atoms with van der Waals surface area (Å²) in [4.78, 5) is 8.77. The first-order chi connectivity index (χ1) is 3.15. The zero-order valence-corrected chi connectivity index (χ0v) is 4.99. The molecule has 4 heteroatoms. The molecule has 0 radical (unpaired) electrons. The minimum absolute atomic E-state index is 1.36. The van der Waals surface area contributed by atoms with Crippen LogP contribution >= 0.6 is 11.6 Å². The largest absolute Gasteiger partial charge is 0.469 e. The summed E-state index contributed by atoms with van der Waals surface area (Å²) in [5, 5.41) is 9.93. The smallest absolute Gasteiger partial charge is 0.401 e. The van der Waals surface area contributed by atoms with E-state index in [1.165, 1.54) is 0 Å². The van der Waals surface area contributed by atoms with Crippen LogP contribution in [0.25, 0.3) is 0 Å². The van der Waals surface area contributed by atoms with E-state index in [-0.39, 0.29) is 0 Å². The van der Waals surface area contributed by atoms with Gasteiger partial charge in [-0.15, -0.1) is 0 Å². The summed E-state index contributed by atoms with van der Waals surface area (Å²) in [6.07, 6.45) is 0. The molecule has 0 aromatic carbocycles. The zero-order valence-electron chi connectivity index (χ0n) is 4.23. The van der Waals surface area contributed by atoms with E-state index in [2.05, 4.69) is 16.9 Å². The number of carboxylic acid groups (broad SMARTS) is 1. The number of hydrogen-bond acceptors (Lipinski definition) is 2. The zero-order chi connectivity index (χ0) is 6.28. The van der Waals surface area contributed by atoms with Gasteiger partial charge >= 0.3 is 5.43 Å². The third kappa shape index (κ3) is 1010. The highest BCUT2D eigenvalue weighted by Gasteiger charge is 1.71. The van der Waals surface area contributed by atoms with Gasteiger partial charge in [0.15, 0.2) is 0 Å². The molecule has 7 heavy (non-hydrogen) atoms. The maximum Gasteiger partial charge on any atom is 0.401 e. The summed E-state index contributed by atoms with van der Waals surface area (Å²) in [5.74, 6) is 0. The van der Waals surface area contributed by atoms with Crippen LogP contribution in [0.1, 0.15) is 0 Å². The van der Waals surface area contributed by atoms with Gasteiger partial charge in [0, 0.05) is 11.6 Å². The fourth-order valence-electron chi connectivity index (χ4n) is 0. The Morgan fingerprint density at radius 2 is 1.71 bits per heavy atom. The van der Waals surface area contributed by atoms with Crippen LogP contribution in [0.5, 0.6) is 0 Å². The van der Waals surface area contributed by atoms with Crippen LogP contribution in [0.3, 0.4) is 0 Å². The van der Waals surface area contributed by atoms with Crippen LogP contribution in [-0.2, 0) is 0 Å². The molecule has 0 aliphatic rings. The maximum absolute atomic E-state index is 8.77. The van der Waals surface area contributed by atoms with Gasteiger partial charge in [0.2, 0.25) is 0 Å². The lowest BCUT2D eigenvalue weighted by Gasteiger charge is -1.59. The van der Waals surface area contributed by atoms with Crippen LogP contribution in [0.2, 0.25) is 0 Å². The Hall–Kier alpha value is -0.280. The second-order valence-electron chi connectivity index (χ2n) is 0.753. The summed E-state index contributed by atoms with van der Waals surface area (Å²) < 4.78 is 0. The molecule has 0 bridgehead atoms. The molecule has 0 rings (SSSR count). The van der Waals surface area contributed by atoms with Crippen molar-refractivity contribution in [3.05, 3.63) is 0 Å². The molecule has 0 aliphatic heterocycles.